The Balaban J connectivity index is 2.02. The smallest absolute Gasteiger partial charge is 0.321 e. The molecule has 0 saturated carbocycles. The molecule has 0 aliphatic rings. The van der Waals surface area contributed by atoms with E-state index in [1.807, 2.05) is 38.1 Å². The molecule has 0 aliphatic heterocycles. The predicted molar refractivity (Wildman–Crippen MR) is 80.6 cm³/mol. The lowest BCUT2D eigenvalue weighted by molar-refractivity contribution is 0.219. The standard InChI is InChI=1S/C14H16BrN3O2/c1-9-4-5-11(15)7-13(9)16-14(19)18(3)8-12-6-10(2)20-17-12/h4-7H,8H2,1-3H3,(H,16,19). The highest BCUT2D eigenvalue weighted by Gasteiger charge is 2.12. The molecule has 0 radical (unpaired) electrons. The molecule has 6 heteroatoms. The SMILES string of the molecule is Cc1cc(CN(C)C(=O)Nc2cc(Br)ccc2C)no1. The molecule has 5 nitrogen and oxygen atoms in total. The molecule has 0 fully saturated rings. The summed E-state index contributed by atoms with van der Waals surface area (Å²) in [6, 6.07) is 7.38. The van der Waals surface area contributed by atoms with Gasteiger partial charge in [0.05, 0.1) is 6.54 Å². The average Bonchev–Trinajstić information content (AvgIpc) is 2.79. The number of carbonyl (C=O) groups is 1. The largest absolute Gasteiger partial charge is 0.361 e. The van der Waals surface area contributed by atoms with Crippen molar-refractivity contribution in [2.75, 3.05) is 12.4 Å². The number of hydrogen-bond acceptors (Lipinski definition) is 3. The maximum absolute atomic E-state index is 12.1. The summed E-state index contributed by atoms with van der Waals surface area (Å²) in [6.07, 6.45) is 0. The molecule has 20 heavy (non-hydrogen) atoms. The van der Waals surface area contributed by atoms with Crippen molar-refractivity contribution in [3.63, 3.8) is 0 Å². The Morgan fingerprint density at radius 1 is 1.40 bits per heavy atom. The van der Waals surface area contributed by atoms with Gasteiger partial charge in [0.1, 0.15) is 11.5 Å². The molecule has 1 heterocycles. The maximum atomic E-state index is 12.1. The normalized spacial score (nSPS) is 10.4. The number of halogens is 1. The molecule has 2 rings (SSSR count). The van der Waals surface area contributed by atoms with E-state index >= 15 is 0 Å². The van der Waals surface area contributed by atoms with Gasteiger partial charge in [0.25, 0.3) is 0 Å². The summed E-state index contributed by atoms with van der Waals surface area (Å²) in [6.45, 7) is 4.17. The molecule has 106 valence electrons. The number of rotatable bonds is 3. The van der Waals surface area contributed by atoms with Gasteiger partial charge in [0.15, 0.2) is 0 Å². The van der Waals surface area contributed by atoms with E-state index in [0.29, 0.717) is 6.54 Å². The number of benzene rings is 1. The Hall–Kier alpha value is -1.82. The van der Waals surface area contributed by atoms with Crippen molar-refractivity contribution < 1.29 is 9.32 Å². The lowest BCUT2D eigenvalue weighted by Gasteiger charge is -2.17. The van der Waals surface area contributed by atoms with Crippen LogP contribution in [-0.2, 0) is 6.54 Å². The minimum Gasteiger partial charge on any atom is -0.361 e. The molecular formula is C14H16BrN3O2. The summed E-state index contributed by atoms with van der Waals surface area (Å²) in [5.41, 5.74) is 2.52. The fourth-order valence-electron chi connectivity index (χ4n) is 1.75. The number of nitrogens with zero attached hydrogens (tertiary/aromatic N) is 2. The Morgan fingerprint density at radius 3 is 2.80 bits per heavy atom. The van der Waals surface area contributed by atoms with Gasteiger partial charge in [-0.05, 0) is 31.5 Å². The zero-order valence-electron chi connectivity index (χ0n) is 11.6. The van der Waals surface area contributed by atoms with Gasteiger partial charge in [-0.2, -0.15) is 0 Å². The van der Waals surface area contributed by atoms with Gasteiger partial charge in [-0.1, -0.05) is 27.2 Å². The monoisotopic (exact) mass is 337 g/mol. The van der Waals surface area contributed by atoms with E-state index in [9.17, 15) is 4.79 Å². The van der Waals surface area contributed by atoms with E-state index < -0.39 is 0 Å². The number of anilines is 1. The van der Waals surface area contributed by atoms with Crippen molar-refractivity contribution in [2.45, 2.75) is 20.4 Å². The Bertz CT molecular complexity index is 625. The summed E-state index contributed by atoms with van der Waals surface area (Å²) in [7, 11) is 1.71. The quantitative estimate of drug-likeness (QED) is 0.928. The van der Waals surface area contributed by atoms with Crippen LogP contribution in [0, 0.1) is 13.8 Å². The molecule has 2 amide bonds. The minimum absolute atomic E-state index is 0.188. The van der Waals surface area contributed by atoms with Crippen LogP contribution in [0.1, 0.15) is 17.0 Å². The second-order valence-electron chi connectivity index (χ2n) is 4.67. The number of nitrogens with one attached hydrogen (secondary N) is 1. The maximum Gasteiger partial charge on any atom is 0.321 e. The van der Waals surface area contributed by atoms with Crippen LogP contribution in [0.5, 0.6) is 0 Å². The molecule has 0 atom stereocenters. The molecule has 0 saturated heterocycles. The number of carbonyl (C=O) groups excluding carboxylic acids is 1. The second kappa shape index (κ2) is 6.09. The zero-order chi connectivity index (χ0) is 14.7. The first kappa shape index (κ1) is 14.6. The van der Waals surface area contributed by atoms with Gasteiger partial charge >= 0.3 is 6.03 Å². The van der Waals surface area contributed by atoms with Gasteiger partial charge in [0.2, 0.25) is 0 Å². The zero-order valence-corrected chi connectivity index (χ0v) is 13.2. The summed E-state index contributed by atoms with van der Waals surface area (Å²) in [5, 5.41) is 6.75. The third kappa shape index (κ3) is 3.60. The van der Waals surface area contributed by atoms with Gasteiger partial charge in [-0.15, -0.1) is 0 Å². The topological polar surface area (TPSA) is 58.4 Å². The summed E-state index contributed by atoms with van der Waals surface area (Å²) >= 11 is 3.39. The summed E-state index contributed by atoms with van der Waals surface area (Å²) < 4.78 is 5.91. The predicted octanol–water partition coefficient (Wildman–Crippen LogP) is 3.72. The van der Waals surface area contributed by atoms with Crippen LogP contribution in [0.25, 0.3) is 0 Å². The molecule has 0 spiro atoms. The number of urea groups is 1. The van der Waals surface area contributed by atoms with E-state index in [4.69, 9.17) is 4.52 Å². The fourth-order valence-corrected chi connectivity index (χ4v) is 2.11. The highest BCUT2D eigenvalue weighted by atomic mass is 79.9. The molecular weight excluding hydrogens is 322 g/mol. The van der Waals surface area contributed by atoms with Gasteiger partial charge < -0.3 is 14.7 Å². The lowest BCUT2D eigenvalue weighted by atomic mass is 10.2. The number of amides is 2. The first-order valence-corrected chi connectivity index (χ1v) is 6.95. The van der Waals surface area contributed by atoms with Crippen molar-refractivity contribution in [1.82, 2.24) is 10.1 Å². The van der Waals surface area contributed by atoms with Crippen molar-refractivity contribution in [2.24, 2.45) is 0 Å². The van der Waals surface area contributed by atoms with Crippen LogP contribution in [0.4, 0.5) is 10.5 Å². The minimum atomic E-state index is -0.188. The molecule has 1 aromatic carbocycles. The van der Waals surface area contributed by atoms with E-state index in [2.05, 4.69) is 26.4 Å². The van der Waals surface area contributed by atoms with Crippen LogP contribution in [0.15, 0.2) is 33.3 Å². The van der Waals surface area contributed by atoms with Crippen LogP contribution in [0.2, 0.25) is 0 Å². The van der Waals surface area contributed by atoms with Gasteiger partial charge in [-0.3, -0.25) is 0 Å². The summed E-state index contributed by atoms with van der Waals surface area (Å²) in [5.74, 6) is 0.733. The molecule has 1 N–H and O–H groups in total. The highest BCUT2D eigenvalue weighted by Crippen LogP contribution is 2.21. The van der Waals surface area contributed by atoms with Gasteiger partial charge in [-0.25, -0.2) is 4.79 Å². The summed E-state index contributed by atoms with van der Waals surface area (Å²) in [4.78, 5) is 13.7. The molecule has 0 bridgehead atoms. The fraction of sp³-hybridized carbons (Fsp3) is 0.286. The Morgan fingerprint density at radius 2 is 2.15 bits per heavy atom. The Kier molecular flexibility index (Phi) is 4.44. The van der Waals surface area contributed by atoms with Crippen molar-refractivity contribution in [1.29, 1.82) is 0 Å². The Labute approximate surface area is 126 Å². The average molecular weight is 338 g/mol. The molecule has 0 unspecified atom stereocenters. The van der Waals surface area contributed by atoms with Crippen LogP contribution in [-0.4, -0.2) is 23.1 Å². The van der Waals surface area contributed by atoms with E-state index in [1.165, 1.54) is 0 Å². The van der Waals surface area contributed by atoms with Crippen molar-refractivity contribution >= 4 is 27.6 Å². The van der Waals surface area contributed by atoms with Crippen LogP contribution < -0.4 is 5.32 Å². The van der Waals surface area contributed by atoms with E-state index in [-0.39, 0.29) is 6.03 Å². The first-order chi connectivity index (χ1) is 9.45. The highest BCUT2D eigenvalue weighted by molar-refractivity contribution is 9.10. The molecule has 2 aromatic rings. The first-order valence-electron chi connectivity index (χ1n) is 6.16. The van der Waals surface area contributed by atoms with Crippen LogP contribution in [0.3, 0.4) is 0 Å². The van der Waals surface area contributed by atoms with Crippen molar-refractivity contribution in [3.05, 3.63) is 45.8 Å². The molecule has 0 aliphatic carbocycles. The third-order valence-corrected chi connectivity index (χ3v) is 3.36. The van der Waals surface area contributed by atoms with E-state index in [1.54, 1.807) is 11.9 Å². The van der Waals surface area contributed by atoms with Crippen molar-refractivity contribution in [3.8, 4) is 0 Å². The third-order valence-electron chi connectivity index (χ3n) is 2.86. The molecule has 1 aromatic heterocycles. The van der Waals surface area contributed by atoms with Crippen LogP contribution >= 0.6 is 15.9 Å². The van der Waals surface area contributed by atoms with E-state index in [0.717, 1.165) is 27.2 Å². The lowest BCUT2D eigenvalue weighted by Crippen LogP contribution is -2.31. The number of aromatic nitrogens is 1. The van der Waals surface area contributed by atoms with Gasteiger partial charge in [0, 0.05) is 23.3 Å². The number of hydrogen-bond donors (Lipinski definition) is 1. The number of aryl methyl sites for hydroxylation is 2. The second-order valence-corrected chi connectivity index (χ2v) is 5.59.